The van der Waals surface area contributed by atoms with Gasteiger partial charge in [0.05, 0.1) is 24.5 Å². The third-order valence-electron chi connectivity index (χ3n) is 8.77. The first-order valence-corrected chi connectivity index (χ1v) is 17.1. The van der Waals surface area contributed by atoms with E-state index in [2.05, 4.69) is 16.0 Å². The summed E-state index contributed by atoms with van der Waals surface area (Å²) in [6, 6.07) is 19.4. The number of hydrogen-bond donors (Lipinski definition) is 3. The highest BCUT2D eigenvalue weighted by Gasteiger charge is 2.38. The Morgan fingerprint density at radius 2 is 1.65 bits per heavy atom. The Kier molecular flexibility index (Phi) is 9.37. The minimum atomic E-state index is -0.859. The molecule has 0 spiro atoms. The number of nitrogens with zero attached hydrogens (tertiary/aromatic N) is 3. The van der Waals surface area contributed by atoms with E-state index in [0.29, 0.717) is 29.3 Å². The number of amides is 4. The average molecular weight is 693 g/mol. The predicted molar refractivity (Wildman–Crippen MR) is 194 cm³/mol. The first-order chi connectivity index (χ1) is 24.1. The maximum Gasteiger partial charge on any atom is 0.411 e. The zero-order valence-corrected chi connectivity index (χ0v) is 30.0. The number of urea groups is 1. The molecule has 0 aliphatic carbocycles. The van der Waals surface area contributed by atoms with E-state index in [-0.39, 0.29) is 30.9 Å². The van der Waals surface area contributed by atoms with Crippen LogP contribution in [0.5, 0.6) is 0 Å². The van der Waals surface area contributed by atoms with Gasteiger partial charge in [0.15, 0.2) is 0 Å². The first-order valence-electron chi connectivity index (χ1n) is 17.1. The summed E-state index contributed by atoms with van der Waals surface area (Å²) in [7, 11) is 0. The molecule has 4 aromatic rings. The molecule has 0 radical (unpaired) electrons. The van der Waals surface area contributed by atoms with Crippen LogP contribution in [0.2, 0.25) is 0 Å². The molecular formula is C39H44N6O6. The maximum absolute atomic E-state index is 13.4. The molecule has 0 saturated carbocycles. The van der Waals surface area contributed by atoms with Crippen LogP contribution in [-0.4, -0.2) is 56.9 Å². The highest BCUT2D eigenvalue weighted by molar-refractivity contribution is 6.01. The summed E-state index contributed by atoms with van der Waals surface area (Å²) in [5, 5.41) is 13.6. The van der Waals surface area contributed by atoms with Gasteiger partial charge in [-0.15, -0.1) is 0 Å². The molecule has 3 N–H and O–H groups in total. The predicted octanol–water partition coefficient (Wildman–Crippen LogP) is 6.95. The Hall–Kier alpha value is -5.65. The second kappa shape index (κ2) is 13.6. The van der Waals surface area contributed by atoms with Crippen molar-refractivity contribution >= 4 is 35.5 Å². The van der Waals surface area contributed by atoms with Gasteiger partial charge in [0.1, 0.15) is 17.5 Å². The highest BCUT2D eigenvalue weighted by atomic mass is 16.6. The van der Waals surface area contributed by atoms with Crippen molar-refractivity contribution in [3.63, 3.8) is 0 Å². The second-order valence-corrected chi connectivity index (χ2v) is 14.8. The lowest BCUT2D eigenvalue weighted by atomic mass is 9.92. The Morgan fingerprint density at radius 1 is 0.922 bits per heavy atom. The number of fused-ring (bicyclic) bond motifs is 2. The van der Waals surface area contributed by atoms with E-state index in [1.54, 1.807) is 32.4 Å². The normalized spacial score (nSPS) is 15.4. The SMILES string of the molecule is CCOC(=O)C1Cc2cc(-n3nc(C(C)(C)C)cc3NC(=O)Nc3ccc(-c4cccc5c4CNC5=O)cc3)ccc2CN1C(=O)OC(C)(C)C. The van der Waals surface area contributed by atoms with Gasteiger partial charge >= 0.3 is 18.1 Å². The van der Waals surface area contributed by atoms with Gasteiger partial charge in [-0.2, -0.15) is 5.10 Å². The fraction of sp³-hybridized carbons (Fsp3) is 0.359. The van der Waals surface area contributed by atoms with Gasteiger partial charge in [-0.1, -0.05) is 51.1 Å². The number of rotatable bonds is 6. The Morgan fingerprint density at radius 3 is 2.33 bits per heavy atom. The van der Waals surface area contributed by atoms with Crippen LogP contribution >= 0.6 is 0 Å². The van der Waals surface area contributed by atoms with Gasteiger partial charge < -0.3 is 20.1 Å². The smallest absolute Gasteiger partial charge is 0.411 e. The molecule has 0 bridgehead atoms. The number of aromatic nitrogens is 2. The quantitative estimate of drug-likeness (QED) is 0.186. The van der Waals surface area contributed by atoms with Crippen LogP contribution in [0.1, 0.15) is 81.2 Å². The molecule has 1 aromatic heterocycles. The largest absolute Gasteiger partial charge is 0.464 e. The lowest BCUT2D eigenvalue weighted by Crippen LogP contribution is -2.50. The first kappa shape index (κ1) is 35.2. The number of carbonyl (C=O) groups is 4. The van der Waals surface area contributed by atoms with E-state index in [1.165, 1.54) is 4.90 Å². The van der Waals surface area contributed by atoms with Crippen LogP contribution in [0.25, 0.3) is 16.8 Å². The third-order valence-corrected chi connectivity index (χ3v) is 8.77. The molecule has 1 unspecified atom stereocenters. The summed E-state index contributed by atoms with van der Waals surface area (Å²) < 4.78 is 12.6. The lowest BCUT2D eigenvalue weighted by molar-refractivity contribution is -0.150. The number of hydrogen-bond acceptors (Lipinski definition) is 7. The number of nitrogens with one attached hydrogen (secondary N) is 3. The summed E-state index contributed by atoms with van der Waals surface area (Å²) in [6.07, 6.45) is -0.353. The third kappa shape index (κ3) is 7.59. The molecule has 3 aromatic carbocycles. The minimum Gasteiger partial charge on any atom is -0.464 e. The van der Waals surface area contributed by atoms with E-state index < -0.39 is 29.7 Å². The molecule has 1 atom stereocenters. The van der Waals surface area contributed by atoms with Crippen LogP contribution < -0.4 is 16.0 Å². The molecule has 0 saturated heterocycles. The fourth-order valence-corrected chi connectivity index (χ4v) is 6.23. The lowest BCUT2D eigenvalue weighted by Gasteiger charge is -2.36. The minimum absolute atomic E-state index is 0.0724. The van der Waals surface area contributed by atoms with E-state index in [1.807, 2.05) is 87.5 Å². The van der Waals surface area contributed by atoms with Crippen molar-refractivity contribution in [2.24, 2.45) is 0 Å². The molecule has 2 aliphatic rings. The molecule has 3 heterocycles. The van der Waals surface area contributed by atoms with Gasteiger partial charge in [-0.25, -0.2) is 19.1 Å². The van der Waals surface area contributed by atoms with Crippen molar-refractivity contribution in [3.05, 3.63) is 94.7 Å². The van der Waals surface area contributed by atoms with E-state index in [0.717, 1.165) is 33.5 Å². The van der Waals surface area contributed by atoms with Crippen molar-refractivity contribution in [2.75, 3.05) is 17.2 Å². The molecule has 12 heteroatoms. The molecule has 6 rings (SSSR count). The van der Waals surface area contributed by atoms with E-state index >= 15 is 0 Å². The van der Waals surface area contributed by atoms with Crippen molar-refractivity contribution in [1.29, 1.82) is 0 Å². The van der Waals surface area contributed by atoms with Gasteiger partial charge in [0.25, 0.3) is 5.91 Å². The number of carbonyl (C=O) groups excluding carboxylic acids is 4. The van der Waals surface area contributed by atoms with Crippen LogP contribution in [0.15, 0.2) is 66.7 Å². The van der Waals surface area contributed by atoms with Gasteiger partial charge in [0.2, 0.25) is 0 Å². The van der Waals surface area contributed by atoms with Gasteiger partial charge in [0, 0.05) is 35.7 Å². The van der Waals surface area contributed by atoms with E-state index in [9.17, 15) is 19.2 Å². The van der Waals surface area contributed by atoms with E-state index in [4.69, 9.17) is 14.6 Å². The molecule has 2 aliphatic heterocycles. The number of ether oxygens (including phenoxy) is 2. The summed E-state index contributed by atoms with van der Waals surface area (Å²) in [6.45, 7) is 14.0. The standard InChI is InChI=1S/C39H44N6O6/c1-8-50-35(47)31-19-25-18-27(17-14-24(25)22-44(31)37(49)51-39(5,6)7)45-33(20-32(43-45)38(2,3)4)42-36(48)41-26-15-12-23(13-16-26)28-10-9-11-29-30(28)21-40-34(29)46/h9-18,20,31H,8,19,21-22H2,1-7H3,(H,40,46)(H2,41,42,48). The number of esters is 1. The molecule has 0 fully saturated rings. The summed E-state index contributed by atoms with van der Waals surface area (Å²) in [5.74, 6) is -0.115. The van der Waals surface area contributed by atoms with Crippen molar-refractivity contribution in [1.82, 2.24) is 20.0 Å². The zero-order valence-electron chi connectivity index (χ0n) is 30.0. The second-order valence-electron chi connectivity index (χ2n) is 14.8. The molecule has 4 amide bonds. The van der Waals surface area contributed by atoms with Crippen molar-refractivity contribution < 1.29 is 28.7 Å². The Bertz CT molecular complexity index is 2000. The molecular weight excluding hydrogens is 648 g/mol. The van der Waals surface area contributed by atoms with Gasteiger partial charge in [-0.05, 0) is 85.8 Å². The van der Waals surface area contributed by atoms with Crippen molar-refractivity contribution in [3.8, 4) is 16.8 Å². The van der Waals surface area contributed by atoms with Gasteiger partial charge in [-0.3, -0.25) is 15.0 Å². The Balaban J connectivity index is 1.24. The average Bonchev–Trinajstić information content (AvgIpc) is 3.67. The van der Waals surface area contributed by atoms with Crippen molar-refractivity contribution in [2.45, 2.75) is 85.0 Å². The maximum atomic E-state index is 13.4. The molecule has 51 heavy (non-hydrogen) atoms. The Labute approximate surface area is 297 Å². The summed E-state index contributed by atoms with van der Waals surface area (Å²) >= 11 is 0. The molecule has 12 nitrogen and oxygen atoms in total. The van der Waals surface area contributed by atoms with Crippen LogP contribution in [0.4, 0.5) is 21.1 Å². The highest BCUT2D eigenvalue weighted by Crippen LogP contribution is 2.32. The number of benzene rings is 3. The molecule has 266 valence electrons. The summed E-state index contributed by atoms with van der Waals surface area (Å²) in [5.41, 5.74) is 6.27. The number of anilines is 2. The van der Waals surface area contributed by atoms with Crippen LogP contribution in [0, 0.1) is 0 Å². The van der Waals surface area contributed by atoms with Crippen LogP contribution in [-0.2, 0) is 39.2 Å². The zero-order chi connectivity index (χ0) is 36.7. The monoisotopic (exact) mass is 692 g/mol. The topological polar surface area (TPSA) is 144 Å². The fourth-order valence-electron chi connectivity index (χ4n) is 6.23. The summed E-state index contributed by atoms with van der Waals surface area (Å²) in [4.78, 5) is 53.2. The van der Waals surface area contributed by atoms with Crippen LogP contribution in [0.3, 0.4) is 0 Å².